The Balaban J connectivity index is 1.68. The van der Waals surface area contributed by atoms with Crippen molar-refractivity contribution >= 4 is 35.0 Å². The van der Waals surface area contributed by atoms with Crippen LogP contribution >= 0.6 is 0 Å². The van der Waals surface area contributed by atoms with E-state index in [1.165, 1.54) is 31.2 Å². The van der Waals surface area contributed by atoms with Crippen molar-refractivity contribution < 1.29 is 34.1 Å². The summed E-state index contributed by atoms with van der Waals surface area (Å²) in [4.78, 5) is 58.8. The number of hydrogen-bond acceptors (Lipinski definition) is 10. The maximum Gasteiger partial charge on any atom is 0.408 e. The highest BCUT2D eigenvalue weighted by atomic mass is 16.6. The summed E-state index contributed by atoms with van der Waals surface area (Å²) in [5, 5.41) is 36.8. The SMILES string of the molecule is C[C@@H](NC(=O)OCc1ccccc1)C(=O)N[C@H](Cc1ccc(O)cc1)C(=O)NNc1ccc([N+](=O)[O-])cc1[N+](=O)[O-]. The lowest BCUT2D eigenvalue weighted by Gasteiger charge is -2.22. The largest absolute Gasteiger partial charge is 0.508 e. The number of anilines is 1. The van der Waals surface area contributed by atoms with Crippen molar-refractivity contribution in [2.24, 2.45) is 0 Å². The molecule has 0 fully saturated rings. The molecule has 3 aromatic carbocycles. The molecule has 0 aromatic heterocycles. The topological polar surface area (TPSA) is 215 Å². The third-order valence-corrected chi connectivity index (χ3v) is 5.66. The second-order valence-electron chi connectivity index (χ2n) is 8.69. The fourth-order valence-corrected chi connectivity index (χ4v) is 3.49. The average molecular weight is 567 g/mol. The number of aromatic hydroxyl groups is 1. The highest BCUT2D eigenvalue weighted by Gasteiger charge is 2.26. The lowest BCUT2D eigenvalue weighted by Crippen LogP contribution is -2.54. The van der Waals surface area contributed by atoms with Gasteiger partial charge < -0.3 is 20.5 Å². The molecule has 3 aromatic rings. The van der Waals surface area contributed by atoms with Crippen molar-refractivity contribution in [2.75, 3.05) is 5.43 Å². The summed E-state index contributed by atoms with van der Waals surface area (Å²) >= 11 is 0. The summed E-state index contributed by atoms with van der Waals surface area (Å²) < 4.78 is 5.11. The molecule has 0 spiro atoms. The van der Waals surface area contributed by atoms with E-state index in [2.05, 4.69) is 21.5 Å². The number of carbonyl (C=O) groups is 3. The van der Waals surface area contributed by atoms with Gasteiger partial charge in [0, 0.05) is 12.5 Å². The molecule has 0 bridgehead atoms. The summed E-state index contributed by atoms with van der Waals surface area (Å²) in [6.07, 6.45) is -0.921. The summed E-state index contributed by atoms with van der Waals surface area (Å²) in [7, 11) is 0. The van der Waals surface area contributed by atoms with E-state index in [0.29, 0.717) is 5.56 Å². The highest BCUT2D eigenvalue weighted by Crippen LogP contribution is 2.28. The van der Waals surface area contributed by atoms with Crippen molar-refractivity contribution in [3.8, 4) is 5.75 Å². The number of ether oxygens (including phenoxy) is 1. The molecule has 0 heterocycles. The number of phenols is 1. The molecule has 5 N–H and O–H groups in total. The Morgan fingerprint density at radius 3 is 2.20 bits per heavy atom. The van der Waals surface area contributed by atoms with Crippen LogP contribution in [0.5, 0.6) is 5.75 Å². The molecule has 15 nitrogen and oxygen atoms in total. The van der Waals surface area contributed by atoms with Crippen LogP contribution in [-0.2, 0) is 27.4 Å². The molecule has 3 rings (SSSR count). The number of nitro groups is 2. The second-order valence-corrected chi connectivity index (χ2v) is 8.69. The first-order chi connectivity index (χ1) is 19.5. The standard InChI is InChI=1S/C26H26N6O9/c1-16(27-26(36)41-15-18-5-3-2-4-6-18)24(34)28-22(13-17-7-10-20(33)11-8-17)25(35)30-29-21-12-9-19(31(37)38)14-23(21)32(39)40/h2-12,14,16,22,29,33H,13,15H2,1H3,(H,27,36)(H,28,34)(H,30,35)/t16-,22-/m1/s1. The van der Waals surface area contributed by atoms with Crippen LogP contribution in [0.15, 0.2) is 72.8 Å². The number of nitro benzene ring substituents is 2. The highest BCUT2D eigenvalue weighted by molar-refractivity contribution is 5.91. The number of benzene rings is 3. The van der Waals surface area contributed by atoms with Crippen LogP contribution in [-0.4, -0.2) is 44.9 Å². The molecule has 0 radical (unpaired) electrons. The van der Waals surface area contributed by atoms with Gasteiger partial charge in [-0.2, -0.15) is 0 Å². The Hall–Kier alpha value is -5.73. The minimum atomic E-state index is -1.25. The fraction of sp³-hybridized carbons (Fsp3) is 0.192. The van der Waals surface area contributed by atoms with E-state index in [9.17, 15) is 39.7 Å². The normalized spacial score (nSPS) is 11.8. The van der Waals surface area contributed by atoms with E-state index in [1.54, 1.807) is 24.3 Å². The third-order valence-electron chi connectivity index (χ3n) is 5.66. The molecular formula is C26H26N6O9. The van der Waals surface area contributed by atoms with Crippen LogP contribution in [0, 0.1) is 20.2 Å². The van der Waals surface area contributed by atoms with E-state index in [1.807, 2.05) is 6.07 Å². The van der Waals surface area contributed by atoms with Crippen LogP contribution in [0.3, 0.4) is 0 Å². The number of carbonyl (C=O) groups excluding carboxylic acids is 3. The van der Waals surface area contributed by atoms with Gasteiger partial charge in [-0.05, 0) is 36.2 Å². The predicted molar refractivity (Wildman–Crippen MR) is 144 cm³/mol. The van der Waals surface area contributed by atoms with Crippen molar-refractivity contribution in [1.29, 1.82) is 0 Å². The van der Waals surface area contributed by atoms with E-state index in [4.69, 9.17) is 4.74 Å². The second kappa shape index (κ2) is 13.9. The van der Waals surface area contributed by atoms with Crippen molar-refractivity contribution in [2.45, 2.75) is 32.0 Å². The lowest BCUT2D eigenvalue weighted by atomic mass is 10.0. The Morgan fingerprint density at radius 1 is 0.878 bits per heavy atom. The summed E-state index contributed by atoms with van der Waals surface area (Å²) in [5.74, 6) is -1.57. The first-order valence-corrected chi connectivity index (χ1v) is 12.1. The van der Waals surface area contributed by atoms with Gasteiger partial charge in [0.2, 0.25) is 5.91 Å². The van der Waals surface area contributed by atoms with Crippen LogP contribution < -0.4 is 21.5 Å². The van der Waals surface area contributed by atoms with E-state index < -0.39 is 51.2 Å². The van der Waals surface area contributed by atoms with Gasteiger partial charge in [-0.1, -0.05) is 42.5 Å². The van der Waals surface area contributed by atoms with Crippen LogP contribution in [0.2, 0.25) is 0 Å². The number of phenolic OH excluding ortho intramolecular Hbond substituents is 1. The molecule has 2 atom stereocenters. The summed E-state index contributed by atoms with van der Waals surface area (Å²) in [6.45, 7) is 1.36. The Kier molecular flexibility index (Phi) is 10.1. The molecule has 214 valence electrons. The molecular weight excluding hydrogens is 540 g/mol. The van der Waals surface area contributed by atoms with Gasteiger partial charge >= 0.3 is 11.8 Å². The van der Waals surface area contributed by atoms with Crippen LogP contribution in [0.1, 0.15) is 18.1 Å². The Bertz CT molecular complexity index is 1420. The van der Waals surface area contributed by atoms with Gasteiger partial charge in [0.05, 0.1) is 15.9 Å². The van der Waals surface area contributed by atoms with Gasteiger partial charge in [-0.25, -0.2) is 4.79 Å². The molecule has 0 aliphatic heterocycles. The fourth-order valence-electron chi connectivity index (χ4n) is 3.49. The van der Waals surface area contributed by atoms with Gasteiger partial charge in [-0.3, -0.25) is 40.7 Å². The van der Waals surface area contributed by atoms with Gasteiger partial charge in [0.25, 0.3) is 11.6 Å². The number of non-ortho nitro benzene ring substituents is 1. The number of alkyl carbamates (subject to hydrolysis) is 1. The van der Waals surface area contributed by atoms with Crippen molar-refractivity contribution in [3.63, 3.8) is 0 Å². The van der Waals surface area contributed by atoms with E-state index in [0.717, 1.165) is 23.8 Å². The lowest BCUT2D eigenvalue weighted by molar-refractivity contribution is -0.393. The minimum Gasteiger partial charge on any atom is -0.508 e. The molecule has 0 saturated carbocycles. The molecule has 15 heteroatoms. The van der Waals surface area contributed by atoms with E-state index in [-0.39, 0.29) is 24.5 Å². The zero-order chi connectivity index (χ0) is 29.9. The number of nitrogens with one attached hydrogen (secondary N) is 4. The summed E-state index contributed by atoms with van der Waals surface area (Å²) in [6, 6.07) is 15.1. The third kappa shape index (κ3) is 8.91. The maximum atomic E-state index is 13.1. The number of rotatable bonds is 12. The summed E-state index contributed by atoms with van der Waals surface area (Å²) in [5.41, 5.74) is 4.49. The number of hydrogen-bond donors (Lipinski definition) is 5. The Morgan fingerprint density at radius 2 is 1.56 bits per heavy atom. The molecule has 0 saturated heterocycles. The quantitative estimate of drug-likeness (QED) is 0.159. The first kappa shape index (κ1) is 29.8. The number of hydrazine groups is 1. The first-order valence-electron chi connectivity index (χ1n) is 12.1. The predicted octanol–water partition coefficient (Wildman–Crippen LogP) is 2.69. The van der Waals surface area contributed by atoms with Crippen molar-refractivity contribution in [1.82, 2.24) is 16.1 Å². The smallest absolute Gasteiger partial charge is 0.408 e. The minimum absolute atomic E-state index is 0.0160. The maximum absolute atomic E-state index is 13.1. The molecule has 3 amide bonds. The van der Waals surface area contributed by atoms with Crippen molar-refractivity contribution in [3.05, 3.63) is 104 Å². The zero-order valence-corrected chi connectivity index (χ0v) is 21.6. The molecule has 41 heavy (non-hydrogen) atoms. The molecule has 0 unspecified atom stereocenters. The Labute approximate surface area is 232 Å². The van der Waals surface area contributed by atoms with Gasteiger partial charge in [-0.15, -0.1) is 0 Å². The monoisotopic (exact) mass is 566 g/mol. The van der Waals surface area contributed by atoms with Gasteiger partial charge in [0.15, 0.2) is 0 Å². The number of nitrogens with zero attached hydrogens (tertiary/aromatic N) is 2. The van der Waals surface area contributed by atoms with Crippen LogP contribution in [0.25, 0.3) is 0 Å². The number of amides is 3. The zero-order valence-electron chi connectivity index (χ0n) is 21.6. The average Bonchev–Trinajstić information content (AvgIpc) is 2.95. The van der Waals surface area contributed by atoms with Gasteiger partial charge in [0.1, 0.15) is 30.1 Å². The molecule has 0 aliphatic rings. The van der Waals surface area contributed by atoms with Crippen LogP contribution in [0.4, 0.5) is 21.9 Å². The molecule has 0 aliphatic carbocycles. The van der Waals surface area contributed by atoms with E-state index >= 15 is 0 Å².